The Labute approximate surface area is 113 Å². The van der Waals surface area contributed by atoms with Crippen LogP contribution in [0, 0.1) is 0 Å². The van der Waals surface area contributed by atoms with Crippen LogP contribution >= 0.6 is 0 Å². The first-order chi connectivity index (χ1) is 8.97. The summed E-state index contributed by atoms with van der Waals surface area (Å²) >= 11 is 0. The summed E-state index contributed by atoms with van der Waals surface area (Å²) in [6, 6.07) is 0. The van der Waals surface area contributed by atoms with Crippen LogP contribution in [0.4, 0.5) is 0 Å². The summed E-state index contributed by atoms with van der Waals surface area (Å²) in [6.07, 6.45) is 19.2. The molecule has 1 heterocycles. The van der Waals surface area contributed by atoms with Gasteiger partial charge in [-0.25, -0.2) is 0 Å². The topological polar surface area (TPSA) is 9.23 Å². The maximum absolute atomic E-state index is 6.07. The molecule has 2 aliphatic rings. The quantitative estimate of drug-likeness (QED) is 0.532. The number of rotatable bonds is 0. The molecule has 0 atom stereocenters. The average Bonchev–Trinajstić information content (AvgIpc) is 2.34. The molecule has 1 aliphatic carbocycles. The highest BCUT2D eigenvalue weighted by Gasteiger charge is 2.12. The Hall–Kier alpha value is -0.460. The Morgan fingerprint density at radius 1 is 0.500 bits per heavy atom. The van der Waals surface area contributed by atoms with Gasteiger partial charge in [-0.15, -0.1) is 0 Å². The van der Waals surface area contributed by atoms with Crippen LogP contribution < -0.4 is 0 Å². The Kier molecular flexibility index (Phi) is 6.68. The van der Waals surface area contributed by atoms with Gasteiger partial charge < -0.3 is 4.74 Å². The third kappa shape index (κ3) is 5.04. The largest absolute Gasteiger partial charge is 0.498 e. The average molecular weight is 250 g/mol. The first-order valence-electron chi connectivity index (χ1n) is 8.30. The number of ether oxygens (including phenoxy) is 1. The second kappa shape index (κ2) is 8.61. The zero-order valence-electron chi connectivity index (χ0n) is 12.0. The van der Waals surface area contributed by atoms with E-state index < -0.39 is 0 Å². The molecule has 0 aromatic heterocycles. The molecule has 0 spiro atoms. The molecule has 0 amide bonds. The molecule has 0 aromatic carbocycles. The van der Waals surface area contributed by atoms with Crippen molar-refractivity contribution in [3.63, 3.8) is 0 Å². The van der Waals surface area contributed by atoms with Gasteiger partial charge in [0, 0.05) is 6.42 Å². The van der Waals surface area contributed by atoms with Gasteiger partial charge in [0.15, 0.2) is 0 Å². The SMILES string of the molecule is C1CCCCC/C2=C(\CCCC1)CCCCCO2. The minimum atomic E-state index is 0.971. The lowest BCUT2D eigenvalue weighted by Crippen LogP contribution is -2.05. The van der Waals surface area contributed by atoms with Gasteiger partial charge in [-0.05, 0) is 50.5 Å². The molecule has 0 fully saturated rings. The van der Waals surface area contributed by atoms with Crippen molar-refractivity contribution in [1.82, 2.24) is 0 Å². The lowest BCUT2D eigenvalue weighted by molar-refractivity contribution is 0.182. The first kappa shape index (κ1) is 14.0. The van der Waals surface area contributed by atoms with Crippen LogP contribution in [0.25, 0.3) is 0 Å². The normalized spacial score (nSPS) is 28.9. The van der Waals surface area contributed by atoms with E-state index in [0.29, 0.717) is 0 Å². The van der Waals surface area contributed by atoms with Gasteiger partial charge in [0.1, 0.15) is 0 Å². The van der Waals surface area contributed by atoms with E-state index in [1.54, 1.807) is 5.57 Å². The zero-order chi connectivity index (χ0) is 12.5. The second-order valence-corrected chi connectivity index (χ2v) is 6.01. The predicted molar refractivity (Wildman–Crippen MR) is 77.6 cm³/mol. The molecule has 104 valence electrons. The van der Waals surface area contributed by atoms with Gasteiger partial charge in [0.25, 0.3) is 0 Å². The number of hydrogen-bond acceptors (Lipinski definition) is 1. The fourth-order valence-electron chi connectivity index (χ4n) is 3.25. The molecule has 0 unspecified atom stereocenters. The minimum absolute atomic E-state index is 0.971. The molecule has 0 radical (unpaired) electrons. The van der Waals surface area contributed by atoms with E-state index in [1.807, 2.05) is 0 Å². The van der Waals surface area contributed by atoms with Crippen LogP contribution in [0.3, 0.4) is 0 Å². The van der Waals surface area contributed by atoms with Crippen LogP contribution in [0.15, 0.2) is 11.3 Å². The lowest BCUT2D eigenvalue weighted by atomic mass is 9.95. The van der Waals surface area contributed by atoms with E-state index in [1.165, 1.54) is 95.7 Å². The molecule has 2 rings (SSSR count). The Morgan fingerprint density at radius 2 is 1.00 bits per heavy atom. The number of hydrogen-bond donors (Lipinski definition) is 0. The van der Waals surface area contributed by atoms with Crippen molar-refractivity contribution in [3.05, 3.63) is 11.3 Å². The van der Waals surface area contributed by atoms with Gasteiger partial charge in [-0.2, -0.15) is 0 Å². The molecule has 1 nitrogen and oxygen atoms in total. The highest BCUT2D eigenvalue weighted by atomic mass is 16.5. The molecule has 0 saturated carbocycles. The van der Waals surface area contributed by atoms with Gasteiger partial charge in [-0.3, -0.25) is 0 Å². The number of allylic oxidation sites excluding steroid dienone is 2. The first-order valence-corrected chi connectivity index (χ1v) is 8.30. The van der Waals surface area contributed by atoms with E-state index in [4.69, 9.17) is 4.74 Å². The zero-order valence-corrected chi connectivity index (χ0v) is 12.0. The summed E-state index contributed by atoms with van der Waals surface area (Å²) in [5.74, 6) is 1.40. The monoisotopic (exact) mass is 250 g/mol. The molecular formula is C17H30O. The standard InChI is InChI=1S/C17H30O/c1-2-4-6-10-14-17-16(12-8-5-3-1)13-9-7-11-15-18-17/h1-15H2/b17-16-. The summed E-state index contributed by atoms with van der Waals surface area (Å²) in [6.45, 7) is 0.971. The summed E-state index contributed by atoms with van der Waals surface area (Å²) in [5, 5.41) is 0. The van der Waals surface area contributed by atoms with Crippen molar-refractivity contribution < 1.29 is 4.74 Å². The molecule has 1 aliphatic heterocycles. The van der Waals surface area contributed by atoms with Gasteiger partial charge in [-0.1, -0.05) is 38.5 Å². The summed E-state index contributed by atoms with van der Waals surface area (Å²) in [7, 11) is 0. The van der Waals surface area contributed by atoms with Crippen LogP contribution in [0.2, 0.25) is 0 Å². The van der Waals surface area contributed by atoms with E-state index in [2.05, 4.69) is 0 Å². The van der Waals surface area contributed by atoms with Crippen molar-refractivity contribution in [2.45, 2.75) is 89.9 Å². The van der Waals surface area contributed by atoms with E-state index >= 15 is 0 Å². The van der Waals surface area contributed by atoms with Crippen LogP contribution in [-0.4, -0.2) is 6.61 Å². The van der Waals surface area contributed by atoms with Gasteiger partial charge in [0.2, 0.25) is 0 Å². The fourth-order valence-corrected chi connectivity index (χ4v) is 3.25. The smallest absolute Gasteiger partial charge is 0.0951 e. The molecule has 0 saturated heterocycles. The molecule has 0 aromatic rings. The van der Waals surface area contributed by atoms with E-state index in [9.17, 15) is 0 Å². The van der Waals surface area contributed by atoms with Crippen LogP contribution in [0.5, 0.6) is 0 Å². The van der Waals surface area contributed by atoms with Crippen molar-refractivity contribution >= 4 is 0 Å². The lowest BCUT2D eigenvalue weighted by Gasteiger charge is -2.20. The second-order valence-electron chi connectivity index (χ2n) is 6.01. The fraction of sp³-hybridized carbons (Fsp3) is 0.882. The van der Waals surface area contributed by atoms with E-state index in [-0.39, 0.29) is 0 Å². The van der Waals surface area contributed by atoms with Crippen LogP contribution in [-0.2, 0) is 4.74 Å². The molecule has 0 N–H and O–H groups in total. The Balaban J connectivity index is 1.96. The van der Waals surface area contributed by atoms with E-state index in [0.717, 1.165) is 6.61 Å². The minimum Gasteiger partial charge on any atom is -0.498 e. The summed E-state index contributed by atoms with van der Waals surface area (Å²) < 4.78 is 6.07. The highest BCUT2D eigenvalue weighted by molar-refractivity contribution is 5.09. The van der Waals surface area contributed by atoms with Crippen molar-refractivity contribution in [2.75, 3.05) is 6.61 Å². The van der Waals surface area contributed by atoms with Gasteiger partial charge in [0.05, 0.1) is 12.4 Å². The predicted octanol–water partition coefficient (Wildman–Crippen LogP) is 5.75. The van der Waals surface area contributed by atoms with Crippen molar-refractivity contribution in [2.24, 2.45) is 0 Å². The maximum atomic E-state index is 6.07. The molecule has 1 heteroatoms. The Bertz CT molecular complexity index is 228. The highest BCUT2D eigenvalue weighted by Crippen LogP contribution is 2.28. The van der Waals surface area contributed by atoms with Crippen molar-refractivity contribution in [1.29, 1.82) is 0 Å². The van der Waals surface area contributed by atoms with Gasteiger partial charge >= 0.3 is 0 Å². The molecule has 0 bridgehead atoms. The Morgan fingerprint density at radius 3 is 1.67 bits per heavy atom. The van der Waals surface area contributed by atoms with Crippen molar-refractivity contribution in [3.8, 4) is 0 Å². The molecular weight excluding hydrogens is 220 g/mol. The maximum Gasteiger partial charge on any atom is 0.0951 e. The van der Waals surface area contributed by atoms with Crippen LogP contribution in [0.1, 0.15) is 89.9 Å². The third-order valence-electron chi connectivity index (χ3n) is 4.43. The summed E-state index contributed by atoms with van der Waals surface area (Å²) in [5.41, 5.74) is 1.68. The summed E-state index contributed by atoms with van der Waals surface area (Å²) in [4.78, 5) is 0. The third-order valence-corrected chi connectivity index (χ3v) is 4.43. The molecule has 18 heavy (non-hydrogen) atoms.